The fourth-order valence-electron chi connectivity index (χ4n) is 5.02. The summed E-state index contributed by atoms with van der Waals surface area (Å²) in [7, 11) is 0. The van der Waals surface area contributed by atoms with Gasteiger partial charge in [0.1, 0.15) is 12.4 Å². The Morgan fingerprint density at radius 2 is 1.29 bits per heavy atom. The molecule has 1 unspecified atom stereocenters. The first-order chi connectivity index (χ1) is 20.0. The number of nitrogens with one attached hydrogen (secondary N) is 1. The van der Waals surface area contributed by atoms with Gasteiger partial charge in [0, 0.05) is 12.2 Å². The van der Waals surface area contributed by atoms with Crippen LogP contribution in [0.4, 0.5) is 10.5 Å². The first kappa shape index (κ1) is 27.7. The van der Waals surface area contributed by atoms with Gasteiger partial charge < -0.3 is 15.0 Å². The second kappa shape index (κ2) is 13.5. The van der Waals surface area contributed by atoms with Crippen LogP contribution >= 0.6 is 0 Å². The molecule has 5 rings (SSSR count). The van der Waals surface area contributed by atoms with Crippen molar-refractivity contribution in [1.82, 2.24) is 4.90 Å². The average molecular weight is 541 g/mol. The molecule has 0 aliphatic heterocycles. The number of hydrogen-bond donors (Lipinski definition) is 1. The van der Waals surface area contributed by atoms with Crippen LogP contribution in [0.2, 0.25) is 0 Å². The van der Waals surface area contributed by atoms with Gasteiger partial charge in [-0.25, -0.2) is 4.79 Å². The van der Waals surface area contributed by atoms with Crippen molar-refractivity contribution in [3.05, 3.63) is 167 Å². The number of carbonyl (C=O) groups excluding carboxylic acids is 1. The molecule has 0 heterocycles. The highest BCUT2D eigenvalue weighted by Gasteiger charge is 2.26. The van der Waals surface area contributed by atoms with Crippen LogP contribution in [0.3, 0.4) is 0 Å². The Bertz CT molecular complexity index is 1540. The molecule has 0 saturated carbocycles. The van der Waals surface area contributed by atoms with Crippen molar-refractivity contribution in [2.45, 2.75) is 39.5 Å². The fraction of sp³-hybridized carbons (Fsp3) is 0.162. The molecule has 5 aromatic rings. The van der Waals surface area contributed by atoms with E-state index in [1.807, 2.05) is 90.7 Å². The van der Waals surface area contributed by atoms with Gasteiger partial charge in [-0.3, -0.25) is 0 Å². The molecule has 0 saturated heterocycles. The Hall–Kier alpha value is -4.83. The van der Waals surface area contributed by atoms with Crippen LogP contribution in [-0.4, -0.2) is 10.9 Å². The molecule has 206 valence electrons. The molecule has 1 N–H and O–H groups in total. The molecule has 0 bridgehead atoms. The van der Waals surface area contributed by atoms with E-state index in [4.69, 9.17) is 4.74 Å². The quantitative estimate of drug-likeness (QED) is 0.192. The summed E-state index contributed by atoms with van der Waals surface area (Å²) in [6.45, 7) is 5.07. The number of aryl methyl sites for hydroxylation is 2. The summed E-state index contributed by atoms with van der Waals surface area (Å²) in [5, 5.41) is 3.21. The SMILES string of the molecule is Cc1ccc(NC(=O)N(Cc2ccccc2)C(Cc2ccccc2)c2ccc(OCc3ccccc3)cc2)c(C)c1. The van der Waals surface area contributed by atoms with Crippen molar-refractivity contribution in [2.75, 3.05) is 5.32 Å². The molecular formula is C37H36N2O2. The lowest BCUT2D eigenvalue weighted by Crippen LogP contribution is -2.38. The second-order valence-electron chi connectivity index (χ2n) is 10.4. The normalized spacial score (nSPS) is 11.5. The molecule has 0 radical (unpaired) electrons. The number of rotatable bonds is 10. The summed E-state index contributed by atoms with van der Waals surface area (Å²) in [6, 6.07) is 44.6. The standard InChI is InChI=1S/C37H36N2O2/c1-28-18-23-35(29(2)24-28)38-37(40)39(26-31-14-8-4-9-15-31)36(25-30-12-6-3-7-13-30)33-19-21-34(22-20-33)41-27-32-16-10-5-11-17-32/h3-24,36H,25-27H2,1-2H3,(H,38,40). The molecule has 0 aromatic heterocycles. The monoisotopic (exact) mass is 540 g/mol. The van der Waals surface area contributed by atoms with Gasteiger partial charge in [0.15, 0.2) is 0 Å². The number of anilines is 1. The first-order valence-electron chi connectivity index (χ1n) is 14.0. The lowest BCUT2D eigenvalue weighted by atomic mass is 9.96. The van der Waals surface area contributed by atoms with Crippen LogP contribution in [-0.2, 0) is 19.6 Å². The van der Waals surface area contributed by atoms with Gasteiger partial charge in [-0.2, -0.15) is 0 Å². The molecule has 5 aromatic carbocycles. The van der Waals surface area contributed by atoms with E-state index in [1.54, 1.807) is 0 Å². The molecular weight excluding hydrogens is 504 g/mol. The summed E-state index contributed by atoms with van der Waals surface area (Å²) >= 11 is 0. The molecule has 0 aliphatic rings. The number of hydrogen-bond acceptors (Lipinski definition) is 2. The summed E-state index contributed by atoms with van der Waals surface area (Å²) < 4.78 is 6.06. The fourth-order valence-corrected chi connectivity index (χ4v) is 5.02. The maximum Gasteiger partial charge on any atom is 0.322 e. The summed E-state index contributed by atoms with van der Waals surface area (Å²) in [6.07, 6.45) is 0.679. The predicted molar refractivity (Wildman–Crippen MR) is 167 cm³/mol. The number of urea groups is 1. The Morgan fingerprint density at radius 1 is 0.707 bits per heavy atom. The Labute approximate surface area is 243 Å². The molecule has 4 heteroatoms. The smallest absolute Gasteiger partial charge is 0.322 e. The van der Waals surface area contributed by atoms with E-state index in [0.29, 0.717) is 19.6 Å². The zero-order chi connectivity index (χ0) is 28.4. The van der Waals surface area contributed by atoms with Gasteiger partial charge in [-0.05, 0) is 66.3 Å². The number of benzene rings is 5. The molecule has 1 atom stereocenters. The highest BCUT2D eigenvalue weighted by molar-refractivity contribution is 5.90. The minimum absolute atomic E-state index is 0.133. The Morgan fingerprint density at radius 3 is 1.90 bits per heavy atom. The van der Waals surface area contributed by atoms with E-state index in [-0.39, 0.29) is 12.1 Å². The lowest BCUT2D eigenvalue weighted by Gasteiger charge is -2.33. The average Bonchev–Trinajstić information content (AvgIpc) is 3.01. The van der Waals surface area contributed by atoms with Crippen LogP contribution < -0.4 is 10.1 Å². The van der Waals surface area contributed by atoms with Gasteiger partial charge in [0.2, 0.25) is 0 Å². The summed E-state index contributed by atoms with van der Waals surface area (Å²) in [5.41, 5.74) is 7.43. The van der Waals surface area contributed by atoms with Gasteiger partial charge in [-0.1, -0.05) is 121 Å². The zero-order valence-corrected chi connectivity index (χ0v) is 23.7. The molecule has 2 amide bonds. The maximum atomic E-state index is 14.1. The number of nitrogens with zero attached hydrogens (tertiary/aromatic N) is 1. The Balaban J connectivity index is 1.46. The van der Waals surface area contributed by atoms with E-state index in [0.717, 1.165) is 39.3 Å². The second-order valence-corrected chi connectivity index (χ2v) is 10.4. The number of amides is 2. The minimum Gasteiger partial charge on any atom is -0.489 e. The van der Waals surface area contributed by atoms with E-state index in [1.165, 1.54) is 5.56 Å². The molecule has 0 fully saturated rings. The number of carbonyl (C=O) groups is 1. The largest absolute Gasteiger partial charge is 0.489 e. The molecule has 41 heavy (non-hydrogen) atoms. The highest BCUT2D eigenvalue weighted by Crippen LogP contribution is 2.30. The van der Waals surface area contributed by atoms with E-state index >= 15 is 0 Å². The van der Waals surface area contributed by atoms with Crippen LogP contribution in [0, 0.1) is 13.8 Å². The van der Waals surface area contributed by atoms with Crippen molar-refractivity contribution in [3.8, 4) is 5.75 Å². The Kier molecular flexibility index (Phi) is 9.12. The highest BCUT2D eigenvalue weighted by atomic mass is 16.5. The van der Waals surface area contributed by atoms with Gasteiger partial charge in [0.25, 0.3) is 0 Å². The van der Waals surface area contributed by atoms with Crippen LogP contribution in [0.1, 0.15) is 39.4 Å². The van der Waals surface area contributed by atoms with E-state index in [2.05, 4.69) is 66.8 Å². The number of ether oxygens (including phenoxy) is 1. The molecule has 0 spiro atoms. The van der Waals surface area contributed by atoms with Crippen LogP contribution in [0.5, 0.6) is 5.75 Å². The van der Waals surface area contributed by atoms with E-state index < -0.39 is 0 Å². The topological polar surface area (TPSA) is 41.6 Å². The molecule has 4 nitrogen and oxygen atoms in total. The summed E-state index contributed by atoms with van der Waals surface area (Å²) in [5.74, 6) is 0.797. The van der Waals surface area contributed by atoms with Gasteiger partial charge in [-0.15, -0.1) is 0 Å². The van der Waals surface area contributed by atoms with Crippen LogP contribution in [0.25, 0.3) is 0 Å². The van der Waals surface area contributed by atoms with E-state index in [9.17, 15) is 4.79 Å². The predicted octanol–water partition coefficient (Wildman–Crippen LogP) is 8.90. The van der Waals surface area contributed by atoms with Gasteiger partial charge >= 0.3 is 6.03 Å². The molecule has 0 aliphatic carbocycles. The van der Waals surface area contributed by atoms with Crippen LogP contribution in [0.15, 0.2) is 133 Å². The van der Waals surface area contributed by atoms with Crippen molar-refractivity contribution in [1.29, 1.82) is 0 Å². The third-order valence-electron chi connectivity index (χ3n) is 7.24. The summed E-state index contributed by atoms with van der Waals surface area (Å²) in [4.78, 5) is 16.0. The van der Waals surface area contributed by atoms with Crippen molar-refractivity contribution < 1.29 is 9.53 Å². The van der Waals surface area contributed by atoms with Crippen molar-refractivity contribution in [2.24, 2.45) is 0 Å². The lowest BCUT2D eigenvalue weighted by molar-refractivity contribution is 0.183. The van der Waals surface area contributed by atoms with Gasteiger partial charge in [0.05, 0.1) is 6.04 Å². The maximum absolute atomic E-state index is 14.1. The van der Waals surface area contributed by atoms with Crippen molar-refractivity contribution >= 4 is 11.7 Å². The first-order valence-corrected chi connectivity index (χ1v) is 14.0. The third-order valence-corrected chi connectivity index (χ3v) is 7.24. The zero-order valence-electron chi connectivity index (χ0n) is 23.7. The third kappa shape index (κ3) is 7.64. The van der Waals surface area contributed by atoms with Crippen molar-refractivity contribution in [3.63, 3.8) is 0 Å². The minimum atomic E-state index is -0.202.